The number of hydrogen-bond donors (Lipinski definition) is 1. The summed E-state index contributed by atoms with van der Waals surface area (Å²) in [7, 11) is 1.78. The van der Waals surface area contributed by atoms with Crippen LogP contribution in [0.1, 0.15) is 31.2 Å². The van der Waals surface area contributed by atoms with Crippen molar-refractivity contribution >= 4 is 15.9 Å². The first-order valence-electron chi connectivity index (χ1n) is 6.68. The predicted octanol–water partition coefficient (Wildman–Crippen LogP) is 3.57. The highest BCUT2D eigenvalue weighted by Gasteiger charge is 2.25. The molecule has 0 aliphatic heterocycles. The summed E-state index contributed by atoms with van der Waals surface area (Å²) >= 11 is 3.56. The molecule has 1 aliphatic rings. The molecule has 1 fully saturated rings. The Morgan fingerprint density at radius 3 is 2.83 bits per heavy atom. The van der Waals surface area contributed by atoms with E-state index in [1.165, 1.54) is 18.4 Å². The molecule has 1 aromatic carbocycles. The van der Waals surface area contributed by atoms with Gasteiger partial charge in [-0.3, -0.25) is 0 Å². The van der Waals surface area contributed by atoms with Crippen molar-refractivity contribution in [1.29, 1.82) is 0 Å². The van der Waals surface area contributed by atoms with Crippen LogP contribution in [-0.2, 0) is 4.74 Å². The number of benzene rings is 1. The lowest BCUT2D eigenvalue weighted by atomic mass is 9.87. The Kier molecular flexibility index (Phi) is 5.22. The second-order valence-corrected chi connectivity index (χ2v) is 6.19. The molecule has 0 heterocycles. The summed E-state index contributed by atoms with van der Waals surface area (Å²) in [6, 6.07) is 9.40. The molecule has 2 nitrogen and oxygen atoms in total. The molecule has 1 N–H and O–H groups in total. The van der Waals surface area contributed by atoms with Crippen LogP contribution in [-0.4, -0.2) is 26.3 Å². The van der Waals surface area contributed by atoms with Crippen molar-refractivity contribution in [2.24, 2.45) is 5.92 Å². The van der Waals surface area contributed by atoms with Gasteiger partial charge in [0, 0.05) is 36.7 Å². The summed E-state index contributed by atoms with van der Waals surface area (Å²) < 4.78 is 6.47. The number of halogens is 1. The average Bonchev–Trinajstić information content (AvgIpc) is 3.14. The molecular weight excluding hydrogens is 290 g/mol. The highest BCUT2D eigenvalue weighted by molar-refractivity contribution is 9.10. The normalized spacial score (nSPS) is 18.6. The zero-order valence-corrected chi connectivity index (χ0v) is 12.7. The van der Waals surface area contributed by atoms with Gasteiger partial charge in [0.1, 0.15) is 0 Å². The molecular formula is C15H22BrNO. The SMILES string of the molecule is COCC(C)C(CNC1CC1)c1cccc(Br)c1. The van der Waals surface area contributed by atoms with Crippen molar-refractivity contribution in [3.05, 3.63) is 34.3 Å². The monoisotopic (exact) mass is 311 g/mol. The van der Waals surface area contributed by atoms with Crippen molar-refractivity contribution < 1.29 is 4.74 Å². The largest absolute Gasteiger partial charge is 0.384 e. The summed E-state index contributed by atoms with van der Waals surface area (Å²) in [6.45, 7) is 4.12. The fourth-order valence-corrected chi connectivity index (χ4v) is 2.76. The van der Waals surface area contributed by atoms with Gasteiger partial charge in [0.25, 0.3) is 0 Å². The standard InChI is InChI=1S/C15H22BrNO/c1-11(10-18-2)15(9-17-14-6-7-14)12-4-3-5-13(16)8-12/h3-5,8,11,14-15,17H,6-7,9-10H2,1-2H3. The van der Waals surface area contributed by atoms with Gasteiger partial charge in [0.15, 0.2) is 0 Å². The Bertz CT molecular complexity index is 379. The van der Waals surface area contributed by atoms with Gasteiger partial charge < -0.3 is 10.1 Å². The summed E-state index contributed by atoms with van der Waals surface area (Å²) in [5.41, 5.74) is 1.39. The molecule has 0 spiro atoms. The van der Waals surface area contributed by atoms with Crippen LogP contribution in [0.4, 0.5) is 0 Å². The van der Waals surface area contributed by atoms with E-state index in [1.54, 1.807) is 7.11 Å². The summed E-state index contributed by atoms with van der Waals surface area (Å²) in [4.78, 5) is 0. The maximum Gasteiger partial charge on any atom is 0.0494 e. The van der Waals surface area contributed by atoms with E-state index in [2.05, 4.69) is 52.4 Å². The van der Waals surface area contributed by atoms with Crippen molar-refractivity contribution in [3.8, 4) is 0 Å². The Hall–Kier alpha value is -0.380. The summed E-state index contributed by atoms with van der Waals surface area (Å²) in [5.74, 6) is 1.04. The van der Waals surface area contributed by atoms with E-state index in [0.29, 0.717) is 11.8 Å². The highest BCUT2D eigenvalue weighted by atomic mass is 79.9. The van der Waals surface area contributed by atoms with E-state index in [0.717, 1.165) is 23.7 Å². The molecule has 1 aromatic rings. The number of hydrogen-bond acceptors (Lipinski definition) is 2. The molecule has 0 bridgehead atoms. The first-order chi connectivity index (χ1) is 8.70. The quantitative estimate of drug-likeness (QED) is 0.831. The minimum Gasteiger partial charge on any atom is -0.384 e. The fraction of sp³-hybridized carbons (Fsp3) is 0.600. The topological polar surface area (TPSA) is 21.3 Å². The van der Waals surface area contributed by atoms with Gasteiger partial charge in [-0.25, -0.2) is 0 Å². The molecule has 2 atom stereocenters. The molecule has 0 amide bonds. The maximum absolute atomic E-state index is 5.32. The van der Waals surface area contributed by atoms with Crippen molar-refractivity contribution in [1.82, 2.24) is 5.32 Å². The molecule has 2 rings (SSSR count). The molecule has 0 saturated heterocycles. The Morgan fingerprint density at radius 2 is 2.22 bits per heavy atom. The van der Waals surface area contributed by atoms with Gasteiger partial charge in [-0.1, -0.05) is 35.0 Å². The Balaban J connectivity index is 2.06. The second kappa shape index (κ2) is 6.69. The van der Waals surface area contributed by atoms with E-state index in [-0.39, 0.29) is 0 Å². The van der Waals surface area contributed by atoms with Crippen molar-refractivity contribution in [3.63, 3.8) is 0 Å². The van der Waals surface area contributed by atoms with E-state index in [1.807, 2.05) is 0 Å². The molecule has 0 aromatic heterocycles. The molecule has 3 heteroatoms. The molecule has 1 aliphatic carbocycles. The van der Waals surface area contributed by atoms with Gasteiger partial charge in [0.2, 0.25) is 0 Å². The van der Waals surface area contributed by atoms with E-state index >= 15 is 0 Å². The zero-order valence-electron chi connectivity index (χ0n) is 11.2. The first kappa shape index (κ1) is 14.0. The third kappa shape index (κ3) is 4.08. The number of ether oxygens (including phenoxy) is 1. The van der Waals surface area contributed by atoms with Crippen LogP contribution in [0.2, 0.25) is 0 Å². The zero-order chi connectivity index (χ0) is 13.0. The molecule has 2 unspecified atom stereocenters. The van der Waals surface area contributed by atoms with Crippen LogP contribution < -0.4 is 5.32 Å². The number of methoxy groups -OCH3 is 1. The Morgan fingerprint density at radius 1 is 1.44 bits per heavy atom. The van der Waals surface area contributed by atoms with Crippen molar-refractivity contribution in [2.45, 2.75) is 31.7 Å². The summed E-state index contributed by atoms with van der Waals surface area (Å²) in [6.07, 6.45) is 2.67. The fourth-order valence-electron chi connectivity index (χ4n) is 2.34. The van der Waals surface area contributed by atoms with Gasteiger partial charge in [-0.05, 0) is 36.5 Å². The summed E-state index contributed by atoms with van der Waals surface area (Å²) in [5, 5.41) is 3.64. The minimum absolute atomic E-state index is 0.517. The minimum atomic E-state index is 0.517. The number of rotatable bonds is 7. The van der Waals surface area contributed by atoms with Crippen LogP contribution in [0, 0.1) is 5.92 Å². The van der Waals surface area contributed by atoms with Crippen LogP contribution in [0.15, 0.2) is 28.7 Å². The van der Waals surface area contributed by atoms with Crippen LogP contribution in [0.3, 0.4) is 0 Å². The Labute approximate surface area is 118 Å². The average molecular weight is 312 g/mol. The highest BCUT2D eigenvalue weighted by Crippen LogP contribution is 2.28. The lowest BCUT2D eigenvalue weighted by Gasteiger charge is -2.24. The second-order valence-electron chi connectivity index (χ2n) is 5.28. The predicted molar refractivity (Wildman–Crippen MR) is 78.9 cm³/mol. The van der Waals surface area contributed by atoms with Crippen LogP contribution >= 0.6 is 15.9 Å². The van der Waals surface area contributed by atoms with Gasteiger partial charge in [0.05, 0.1) is 0 Å². The van der Waals surface area contributed by atoms with E-state index < -0.39 is 0 Å². The lowest BCUT2D eigenvalue weighted by molar-refractivity contribution is 0.146. The van der Waals surface area contributed by atoms with E-state index in [9.17, 15) is 0 Å². The van der Waals surface area contributed by atoms with E-state index in [4.69, 9.17) is 4.74 Å². The van der Waals surface area contributed by atoms with Gasteiger partial charge >= 0.3 is 0 Å². The van der Waals surface area contributed by atoms with Gasteiger partial charge in [-0.2, -0.15) is 0 Å². The molecule has 100 valence electrons. The third-order valence-corrected chi connectivity index (χ3v) is 4.09. The molecule has 0 radical (unpaired) electrons. The third-order valence-electron chi connectivity index (χ3n) is 3.60. The number of nitrogens with one attached hydrogen (secondary N) is 1. The smallest absolute Gasteiger partial charge is 0.0494 e. The van der Waals surface area contributed by atoms with Crippen molar-refractivity contribution in [2.75, 3.05) is 20.3 Å². The first-order valence-corrected chi connectivity index (χ1v) is 7.47. The van der Waals surface area contributed by atoms with Crippen LogP contribution in [0.25, 0.3) is 0 Å². The van der Waals surface area contributed by atoms with Gasteiger partial charge in [-0.15, -0.1) is 0 Å². The maximum atomic E-state index is 5.32. The molecule has 1 saturated carbocycles. The van der Waals surface area contributed by atoms with Crippen LogP contribution in [0.5, 0.6) is 0 Å². The lowest BCUT2D eigenvalue weighted by Crippen LogP contribution is -2.29. The molecule has 18 heavy (non-hydrogen) atoms.